The van der Waals surface area contributed by atoms with E-state index in [2.05, 4.69) is 9.71 Å². The van der Waals surface area contributed by atoms with Crippen LogP contribution in [0.2, 0.25) is 0 Å². The van der Waals surface area contributed by atoms with Crippen molar-refractivity contribution in [1.29, 1.82) is 0 Å². The first-order chi connectivity index (χ1) is 7.03. The van der Waals surface area contributed by atoms with Crippen LogP contribution in [0, 0.1) is 6.92 Å². The van der Waals surface area contributed by atoms with Gasteiger partial charge in [-0.25, -0.2) is 13.4 Å². The molecule has 0 amide bonds. The van der Waals surface area contributed by atoms with Gasteiger partial charge >= 0.3 is 0 Å². The predicted octanol–water partition coefficient (Wildman–Crippen LogP) is 0.932. The van der Waals surface area contributed by atoms with Gasteiger partial charge in [-0.2, -0.15) is 0 Å². The Bertz CT molecular complexity index is 400. The molecule has 3 N–H and O–H groups in total. The molecule has 0 radical (unpaired) electrons. The fourth-order valence-electron chi connectivity index (χ4n) is 1.02. The van der Waals surface area contributed by atoms with E-state index in [9.17, 15) is 8.42 Å². The summed E-state index contributed by atoms with van der Waals surface area (Å²) in [6.07, 6.45) is 1.30. The molecule has 0 saturated heterocycles. The fourth-order valence-corrected chi connectivity index (χ4v) is 3.12. The largest absolute Gasteiger partial charge is 0.330 e. The van der Waals surface area contributed by atoms with Crippen LogP contribution >= 0.6 is 11.3 Å². The summed E-state index contributed by atoms with van der Waals surface area (Å²) in [4.78, 5) is 4.03. The Kier molecular flexibility index (Phi) is 4.49. The van der Waals surface area contributed by atoms with Crippen molar-refractivity contribution in [1.82, 2.24) is 4.98 Å². The molecule has 7 heteroatoms. The number of hydrogen-bond acceptors (Lipinski definition) is 5. The van der Waals surface area contributed by atoms with E-state index in [4.69, 9.17) is 5.73 Å². The molecule has 86 valence electrons. The maximum Gasteiger partial charge on any atom is 0.234 e. The van der Waals surface area contributed by atoms with Gasteiger partial charge in [-0.1, -0.05) is 0 Å². The third kappa shape index (κ3) is 4.59. The van der Waals surface area contributed by atoms with Crippen molar-refractivity contribution in [3.05, 3.63) is 11.1 Å². The predicted molar refractivity (Wildman–Crippen MR) is 62.5 cm³/mol. The average Bonchev–Trinajstić information content (AvgIpc) is 2.50. The van der Waals surface area contributed by atoms with Gasteiger partial charge in [0.2, 0.25) is 10.0 Å². The first-order valence-corrected chi connectivity index (χ1v) is 7.19. The Balaban J connectivity index is 2.49. The van der Waals surface area contributed by atoms with Crippen molar-refractivity contribution in [2.24, 2.45) is 5.73 Å². The maximum atomic E-state index is 11.5. The number of rotatable bonds is 6. The summed E-state index contributed by atoms with van der Waals surface area (Å²) in [5.41, 5.74) is 6.11. The van der Waals surface area contributed by atoms with Crippen LogP contribution < -0.4 is 10.5 Å². The van der Waals surface area contributed by atoms with Gasteiger partial charge in [0.15, 0.2) is 5.13 Å². The van der Waals surface area contributed by atoms with Crippen molar-refractivity contribution < 1.29 is 8.42 Å². The summed E-state index contributed by atoms with van der Waals surface area (Å²) in [5, 5.41) is 2.23. The van der Waals surface area contributed by atoms with Crippen LogP contribution in [0.4, 0.5) is 5.13 Å². The second-order valence-electron chi connectivity index (χ2n) is 3.21. The molecular formula is C8H15N3O2S2. The van der Waals surface area contributed by atoms with Gasteiger partial charge in [0.1, 0.15) is 0 Å². The van der Waals surface area contributed by atoms with E-state index in [0.29, 0.717) is 18.1 Å². The van der Waals surface area contributed by atoms with Gasteiger partial charge in [-0.15, -0.1) is 11.3 Å². The second kappa shape index (κ2) is 5.43. The monoisotopic (exact) mass is 249 g/mol. The van der Waals surface area contributed by atoms with Crippen LogP contribution in [0.5, 0.6) is 0 Å². The van der Waals surface area contributed by atoms with E-state index >= 15 is 0 Å². The molecule has 1 rings (SSSR count). The molecule has 0 spiro atoms. The Labute approximate surface area is 93.8 Å². The summed E-state index contributed by atoms with van der Waals surface area (Å²) < 4.78 is 25.4. The van der Waals surface area contributed by atoms with Crippen LogP contribution in [0.15, 0.2) is 5.38 Å². The molecule has 0 atom stereocenters. The normalized spacial score (nSPS) is 11.6. The molecule has 0 aliphatic carbocycles. The highest BCUT2D eigenvalue weighted by atomic mass is 32.2. The summed E-state index contributed by atoms with van der Waals surface area (Å²) in [6.45, 7) is 2.34. The lowest BCUT2D eigenvalue weighted by Gasteiger charge is -2.03. The molecule has 0 fully saturated rings. The Morgan fingerprint density at radius 2 is 2.27 bits per heavy atom. The molecule has 0 saturated carbocycles. The molecule has 0 bridgehead atoms. The molecule has 0 aliphatic rings. The molecule has 1 heterocycles. The molecule has 0 unspecified atom stereocenters. The van der Waals surface area contributed by atoms with Gasteiger partial charge < -0.3 is 5.73 Å². The molecule has 15 heavy (non-hydrogen) atoms. The lowest BCUT2D eigenvalue weighted by Crippen LogP contribution is -2.17. The van der Waals surface area contributed by atoms with Crippen molar-refractivity contribution in [2.75, 3.05) is 17.0 Å². The van der Waals surface area contributed by atoms with Crippen LogP contribution in [0.25, 0.3) is 0 Å². The van der Waals surface area contributed by atoms with Gasteiger partial charge in [0, 0.05) is 5.38 Å². The number of anilines is 1. The summed E-state index contributed by atoms with van der Waals surface area (Å²) in [6, 6.07) is 0. The maximum absolute atomic E-state index is 11.5. The van der Waals surface area contributed by atoms with E-state index in [-0.39, 0.29) is 5.75 Å². The van der Waals surface area contributed by atoms with Gasteiger partial charge in [-0.05, 0) is 26.3 Å². The van der Waals surface area contributed by atoms with E-state index in [1.807, 2.05) is 6.92 Å². The topological polar surface area (TPSA) is 85.1 Å². The van der Waals surface area contributed by atoms with Crippen molar-refractivity contribution >= 4 is 26.5 Å². The number of aryl methyl sites for hydroxylation is 1. The lowest BCUT2D eigenvalue weighted by molar-refractivity contribution is 0.597. The highest BCUT2D eigenvalue weighted by Crippen LogP contribution is 2.16. The number of unbranched alkanes of at least 4 members (excludes halogenated alkanes) is 1. The number of hydrogen-bond donors (Lipinski definition) is 2. The van der Waals surface area contributed by atoms with Gasteiger partial charge in [0.25, 0.3) is 0 Å². The number of aromatic nitrogens is 1. The van der Waals surface area contributed by atoms with E-state index in [1.165, 1.54) is 11.3 Å². The number of thiazole rings is 1. The molecule has 0 aromatic carbocycles. The number of nitrogens with two attached hydrogens (primary N) is 1. The van der Waals surface area contributed by atoms with Crippen LogP contribution in [0.3, 0.4) is 0 Å². The third-order valence-corrected chi connectivity index (χ3v) is 4.06. The van der Waals surface area contributed by atoms with E-state index in [1.54, 1.807) is 5.38 Å². The van der Waals surface area contributed by atoms with Crippen molar-refractivity contribution in [2.45, 2.75) is 19.8 Å². The minimum absolute atomic E-state index is 0.100. The van der Waals surface area contributed by atoms with Gasteiger partial charge in [-0.3, -0.25) is 4.72 Å². The third-order valence-electron chi connectivity index (χ3n) is 1.73. The minimum atomic E-state index is -3.25. The zero-order valence-corrected chi connectivity index (χ0v) is 10.2. The molecular weight excluding hydrogens is 234 g/mol. The van der Waals surface area contributed by atoms with E-state index in [0.717, 1.165) is 12.1 Å². The quantitative estimate of drug-likeness (QED) is 0.734. The zero-order valence-electron chi connectivity index (χ0n) is 8.56. The molecule has 5 nitrogen and oxygen atoms in total. The lowest BCUT2D eigenvalue weighted by atomic mass is 10.3. The molecule has 0 aliphatic heterocycles. The van der Waals surface area contributed by atoms with Crippen LogP contribution in [-0.4, -0.2) is 25.7 Å². The van der Waals surface area contributed by atoms with Crippen molar-refractivity contribution in [3.8, 4) is 0 Å². The SMILES string of the molecule is Cc1csc(NS(=O)(=O)CCCCN)n1. The number of nitrogens with zero attached hydrogens (tertiary/aromatic N) is 1. The number of sulfonamides is 1. The van der Waals surface area contributed by atoms with Gasteiger partial charge in [0.05, 0.1) is 11.4 Å². The first kappa shape index (κ1) is 12.4. The average molecular weight is 249 g/mol. The summed E-state index contributed by atoms with van der Waals surface area (Å²) >= 11 is 1.29. The zero-order chi connectivity index (χ0) is 11.3. The Morgan fingerprint density at radius 1 is 1.53 bits per heavy atom. The fraction of sp³-hybridized carbons (Fsp3) is 0.625. The minimum Gasteiger partial charge on any atom is -0.330 e. The standard InChI is InChI=1S/C8H15N3O2S2/c1-7-6-14-8(10-7)11-15(12,13)5-3-2-4-9/h6H,2-5,9H2,1H3,(H,10,11). The summed E-state index contributed by atoms with van der Waals surface area (Å²) in [5.74, 6) is 0.100. The Morgan fingerprint density at radius 3 is 2.80 bits per heavy atom. The van der Waals surface area contributed by atoms with Crippen LogP contribution in [0.1, 0.15) is 18.5 Å². The highest BCUT2D eigenvalue weighted by molar-refractivity contribution is 7.92. The Hall–Kier alpha value is -0.660. The smallest absolute Gasteiger partial charge is 0.234 e. The van der Waals surface area contributed by atoms with Crippen molar-refractivity contribution in [3.63, 3.8) is 0 Å². The highest BCUT2D eigenvalue weighted by Gasteiger charge is 2.11. The van der Waals surface area contributed by atoms with E-state index < -0.39 is 10.0 Å². The molecule has 1 aromatic heterocycles. The summed E-state index contributed by atoms with van der Waals surface area (Å²) in [7, 11) is -3.25. The molecule has 1 aromatic rings. The van der Waals surface area contributed by atoms with Crippen LogP contribution in [-0.2, 0) is 10.0 Å². The second-order valence-corrected chi connectivity index (χ2v) is 5.91. The first-order valence-electron chi connectivity index (χ1n) is 4.66. The number of nitrogens with one attached hydrogen (secondary N) is 1.